The van der Waals surface area contributed by atoms with Crippen molar-refractivity contribution in [3.63, 3.8) is 0 Å². The van der Waals surface area contributed by atoms with Crippen molar-refractivity contribution in [3.05, 3.63) is 82.5 Å². The minimum Gasteiger partial charge on any atom is -0.303 e. The van der Waals surface area contributed by atoms with Gasteiger partial charge < -0.3 is 4.57 Å². The van der Waals surface area contributed by atoms with Crippen LogP contribution in [0.15, 0.2) is 54.7 Å². The predicted octanol–water partition coefficient (Wildman–Crippen LogP) is 7.29. The maximum atomic E-state index is 7.96. The van der Waals surface area contributed by atoms with Gasteiger partial charge in [-0.15, -0.1) is 0 Å². The first-order valence-corrected chi connectivity index (χ1v) is 11.2. The fourth-order valence-electron chi connectivity index (χ4n) is 4.70. The van der Waals surface area contributed by atoms with Gasteiger partial charge in [-0.25, -0.2) is 0 Å². The summed E-state index contributed by atoms with van der Waals surface area (Å²) in [7, 11) is 1.95. The quantitative estimate of drug-likeness (QED) is 0.310. The summed E-state index contributed by atoms with van der Waals surface area (Å²) in [5.41, 5.74) is 9.52. The van der Waals surface area contributed by atoms with Gasteiger partial charge in [-0.2, -0.15) is 4.57 Å². The monoisotopic (exact) mass is 414 g/mol. The molecule has 0 unspecified atom stereocenters. The molecular formula is C29H35N2+. The average molecular weight is 415 g/mol. The molecule has 160 valence electrons. The number of pyridine rings is 1. The van der Waals surface area contributed by atoms with Crippen LogP contribution in [-0.2, 0) is 7.05 Å². The molecule has 2 aromatic heterocycles. The Kier molecular flexibility index (Phi) is 4.58. The number of para-hydroxylation sites is 2. The summed E-state index contributed by atoms with van der Waals surface area (Å²) in [5.74, 6) is 0.716. The van der Waals surface area contributed by atoms with E-state index in [-0.39, 0.29) is 0 Å². The lowest BCUT2D eigenvalue weighted by Gasteiger charge is -2.23. The van der Waals surface area contributed by atoms with E-state index in [1.807, 2.05) is 24.6 Å². The molecule has 31 heavy (non-hydrogen) atoms. The van der Waals surface area contributed by atoms with Gasteiger partial charge in [-0.05, 0) is 60.9 Å². The second-order valence-corrected chi connectivity index (χ2v) is 9.29. The maximum Gasteiger partial charge on any atom is 0.229 e. The van der Waals surface area contributed by atoms with Gasteiger partial charge in [-0.3, -0.25) is 0 Å². The number of fused-ring (bicyclic) bond motifs is 1. The number of nitrogens with zero attached hydrogens (tertiary/aromatic N) is 2. The zero-order valence-corrected chi connectivity index (χ0v) is 19.7. The van der Waals surface area contributed by atoms with E-state index < -0.39 is 6.85 Å². The Balaban J connectivity index is 2.18. The zero-order chi connectivity index (χ0) is 24.9. The van der Waals surface area contributed by atoms with Crippen molar-refractivity contribution in [1.82, 2.24) is 4.57 Å². The van der Waals surface area contributed by atoms with Crippen LogP contribution < -0.4 is 4.57 Å². The van der Waals surface area contributed by atoms with Gasteiger partial charge in [0.05, 0.1) is 11.2 Å². The maximum absolute atomic E-state index is 7.96. The molecular weight excluding hydrogens is 376 g/mol. The Bertz CT molecular complexity index is 1350. The number of aromatic nitrogens is 2. The summed E-state index contributed by atoms with van der Waals surface area (Å²) in [4.78, 5) is 0. The van der Waals surface area contributed by atoms with Crippen LogP contribution in [0.1, 0.15) is 71.5 Å². The van der Waals surface area contributed by atoms with Crippen molar-refractivity contribution in [1.29, 1.82) is 0 Å². The lowest BCUT2D eigenvalue weighted by molar-refractivity contribution is -0.661. The molecule has 0 fully saturated rings. The molecule has 0 amide bonds. The third-order valence-electron chi connectivity index (χ3n) is 6.42. The minimum atomic E-state index is -2.14. The second-order valence-electron chi connectivity index (χ2n) is 9.29. The molecule has 2 nitrogen and oxygen atoms in total. The smallest absolute Gasteiger partial charge is 0.229 e. The Hall–Kier alpha value is -2.87. The molecule has 0 radical (unpaired) electrons. The molecule has 4 rings (SSSR count). The SMILES string of the molecule is [2H]C([2H])([2H])c1c[n+](C)c(-c2c(C)c3ccccc3n2-c2c(C(C)C)cccc2C(C)C)cc1C. The standard InChI is InChI=1S/C29H35N2/c1-18(2)23-13-11-14-24(19(3)4)29(23)31-26-15-10-9-12-25(26)22(7)28(31)27-16-20(5)21(6)17-30(27)8/h9-19H,1-8H3/q+1/i6D3. The molecule has 0 aliphatic heterocycles. The van der Waals surface area contributed by atoms with E-state index >= 15 is 0 Å². The molecule has 0 saturated carbocycles. The van der Waals surface area contributed by atoms with E-state index in [0.29, 0.717) is 17.4 Å². The van der Waals surface area contributed by atoms with Gasteiger partial charge in [0.1, 0.15) is 12.7 Å². The summed E-state index contributed by atoms with van der Waals surface area (Å²) < 4.78 is 28.3. The Morgan fingerprint density at radius 1 is 0.871 bits per heavy atom. The summed E-state index contributed by atoms with van der Waals surface area (Å²) in [6, 6.07) is 17.2. The van der Waals surface area contributed by atoms with Crippen LogP contribution in [0.2, 0.25) is 0 Å². The van der Waals surface area contributed by atoms with E-state index in [0.717, 1.165) is 17.0 Å². The molecule has 0 aliphatic carbocycles. The zero-order valence-electron chi connectivity index (χ0n) is 22.7. The van der Waals surface area contributed by atoms with Crippen LogP contribution in [0, 0.1) is 20.7 Å². The molecule has 2 heterocycles. The van der Waals surface area contributed by atoms with E-state index in [4.69, 9.17) is 4.11 Å². The van der Waals surface area contributed by atoms with Crippen LogP contribution in [0.25, 0.3) is 28.0 Å². The predicted molar refractivity (Wildman–Crippen MR) is 132 cm³/mol. The van der Waals surface area contributed by atoms with Gasteiger partial charge in [0, 0.05) is 21.1 Å². The summed E-state index contributed by atoms with van der Waals surface area (Å²) in [5, 5.41) is 1.21. The molecule has 0 saturated heterocycles. The Labute approximate surface area is 191 Å². The topological polar surface area (TPSA) is 8.81 Å². The average Bonchev–Trinajstić information content (AvgIpc) is 3.05. The van der Waals surface area contributed by atoms with Crippen LogP contribution in [0.5, 0.6) is 0 Å². The van der Waals surface area contributed by atoms with Crippen molar-refractivity contribution >= 4 is 10.9 Å². The van der Waals surface area contributed by atoms with E-state index in [1.54, 1.807) is 6.20 Å². The fourth-order valence-corrected chi connectivity index (χ4v) is 4.70. The lowest BCUT2D eigenvalue weighted by Crippen LogP contribution is -2.32. The molecule has 4 aromatic rings. The van der Waals surface area contributed by atoms with Crippen LogP contribution in [0.4, 0.5) is 0 Å². The highest BCUT2D eigenvalue weighted by Gasteiger charge is 2.27. The van der Waals surface area contributed by atoms with Crippen molar-refractivity contribution in [2.45, 2.75) is 60.2 Å². The highest BCUT2D eigenvalue weighted by Crippen LogP contribution is 2.40. The third-order valence-corrected chi connectivity index (χ3v) is 6.42. The first kappa shape index (κ1) is 17.8. The summed E-state index contributed by atoms with van der Waals surface area (Å²) in [6.45, 7) is 10.9. The molecule has 2 heteroatoms. The minimum absolute atomic E-state index is 0.358. The van der Waals surface area contributed by atoms with Gasteiger partial charge >= 0.3 is 0 Å². The number of rotatable bonds is 4. The van der Waals surface area contributed by atoms with Gasteiger partial charge in [-0.1, -0.05) is 64.1 Å². The summed E-state index contributed by atoms with van der Waals surface area (Å²) >= 11 is 0. The fraction of sp³-hybridized carbons (Fsp3) is 0.345. The van der Waals surface area contributed by atoms with Crippen LogP contribution >= 0.6 is 0 Å². The first-order valence-electron chi connectivity index (χ1n) is 12.7. The molecule has 0 atom stereocenters. The van der Waals surface area contributed by atoms with Crippen LogP contribution in [-0.4, -0.2) is 4.57 Å². The molecule has 0 bridgehead atoms. The highest BCUT2D eigenvalue weighted by atomic mass is 15.0. The normalized spacial score (nSPS) is 13.6. The van der Waals surface area contributed by atoms with Crippen LogP contribution in [0.3, 0.4) is 0 Å². The lowest BCUT2D eigenvalue weighted by atomic mass is 9.92. The first-order chi connectivity index (χ1) is 15.9. The van der Waals surface area contributed by atoms with Crippen molar-refractivity contribution in [3.8, 4) is 17.1 Å². The van der Waals surface area contributed by atoms with E-state index in [9.17, 15) is 0 Å². The van der Waals surface area contributed by atoms with Crippen molar-refractivity contribution < 1.29 is 8.68 Å². The number of hydrogen-bond acceptors (Lipinski definition) is 0. The third kappa shape index (κ3) is 3.48. The van der Waals surface area contributed by atoms with E-state index in [1.165, 1.54) is 33.3 Å². The molecule has 2 aromatic carbocycles. The number of aryl methyl sites for hydroxylation is 4. The van der Waals surface area contributed by atoms with E-state index in [2.05, 4.69) is 81.7 Å². The molecule has 0 N–H and O–H groups in total. The Morgan fingerprint density at radius 3 is 2.13 bits per heavy atom. The van der Waals surface area contributed by atoms with Gasteiger partial charge in [0.2, 0.25) is 5.69 Å². The molecule has 0 spiro atoms. The number of hydrogen-bond donors (Lipinski definition) is 0. The highest BCUT2D eigenvalue weighted by molar-refractivity contribution is 5.93. The summed E-state index contributed by atoms with van der Waals surface area (Å²) in [6.07, 6.45) is 1.77. The second kappa shape index (κ2) is 8.00. The largest absolute Gasteiger partial charge is 0.303 e. The molecule has 0 aliphatic rings. The number of benzene rings is 2. The Morgan fingerprint density at radius 2 is 1.52 bits per heavy atom. The van der Waals surface area contributed by atoms with Crippen molar-refractivity contribution in [2.75, 3.05) is 0 Å². The van der Waals surface area contributed by atoms with Gasteiger partial charge in [0.15, 0.2) is 6.20 Å². The van der Waals surface area contributed by atoms with Gasteiger partial charge in [0.25, 0.3) is 0 Å². The van der Waals surface area contributed by atoms with Crippen molar-refractivity contribution in [2.24, 2.45) is 7.05 Å².